The lowest BCUT2D eigenvalue weighted by Gasteiger charge is -1.92. The second-order valence-corrected chi connectivity index (χ2v) is 3.39. The number of rotatable bonds is 1. The normalized spacial score (nSPS) is 10.5. The highest BCUT2D eigenvalue weighted by Gasteiger charge is 2.14. The van der Waals surface area contributed by atoms with Crippen LogP contribution in [0.1, 0.15) is 12.6 Å². The molecule has 0 aliphatic heterocycles. The van der Waals surface area contributed by atoms with Crippen LogP contribution in [0, 0.1) is 0 Å². The molecular weight excluding hydrogens is 280 g/mol. The zero-order valence-corrected chi connectivity index (χ0v) is 8.88. The maximum absolute atomic E-state index is 11.0. The van der Waals surface area contributed by atoms with Crippen LogP contribution >= 0.6 is 32.3 Å². The number of aromatic hydroxyl groups is 1. The van der Waals surface area contributed by atoms with Crippen molar-refractivity contribution in [3.05, 3.63) is 16.2 Å². The second kappa shape index (κ2) is 3.02. The average Bonchev–Trinajstić information content (AvgIpc) is 2.17. The van der Waals surface area contributed by atoms with Crippen molar-refractivity contribution in [3.8, 4) is 5.88 Å². The fourth-order valence-electron chi connectivity index (χ4n) is 0.781. The van der Waals surface area contributed by atoms with Crippen molar-refractivity contribution >= 4 is 32.3 Å². The van der Waals surface area contributed by atoms with Gasteiger partial charge in [0.25, 0.3) is 0 Å². The van der Waals surface area contributed by atoms with Crippen LogP contribution in [0.4, 0.5) is 0 Å². The van der Waals surface area contributed by atoms with Gasteiger partial charge in [0.05, 0.1) is 38.0 Å². The molecule has 0 saturated carbocycles. The van der Waals surface area contributed by atoms with Crippen molar-refractivity contribution in [1.29, 1.82) is 0 Å². The average molecular weight is 286 g/mol. The van der Waals surface area contributed by atoms with E-state index in [2.05, 4.69) is 32.3 Å². The first-order chi connectivity index (χ1) is 5.09. The van der Waals surface area contributed by atoms with E-state index < -0.39 is 0 Å². The van der Waals surface area contributed by atoms with Crippen LogP contribution in [0.3, 0.4) is 0 Å². The lowest BCUT2D eigenvalue weighted by Crippen LogP contribution is -2.13. The second-order valence-electron chi connectivity index (χ2n) is 1.97. The fraction of sp³-hybridized carbons (Fsp3) is 0.400. The Hall–Kier alpha value is -0.230. The summed E-state index contributed by atoms with van der Waals surface area (Å²) in [5.74, 6) is -0.0608. The molecule has 0 saturated heterocycles. The van der Waals surface area contributed by atoms with E-state index in [1.54, 1.807) is 0 Å². The van der Waals surface area contributed by atoms with Gasteiger partial charge in [-0.25, -0.2) is 8.39 Å². The molecule has 4 nitrogen and oxygen atoms in total. The summed E-state index contributed by atoms with van der Waals surface area (Å²) >= 11 is 5.90. The van der Waals surface area contributed by atoms with E-state index in [9.17, 15) is 9.90 Å². The Morgan fingerprint density at radius 2 is 2.00 bits per heavy atom. The van der Waals surface area contributed by atoms with E-state index in [0.29, 0.717) is 12.1 Å². The van der Waals surface area contributed by atoms with Gasteiger partial charge in [0, 0.05) is 0 Å². The topological polar surface area (TPSA) is 47.2 Å². The van der Waals surface area contributed by atoms with E-state index in [0.717, 1.165) is 3.59 Å². The Kier molecular flexibility index (Phi) is 2.43. The molecule has 1 N–H and O–H groups in total. The van der Waals surface area contributed by atoms with Crippen LogP contribution in [0.5, 0.6) is 5.88 Å². The van der Waals surface area contributed by atoms with Crippen LogP contribution < -0.4 is 5.69 Å². The summed E-state index contributed by atoms with van der Waals surface area (Å²) in [5.41, 5.74) is 0.200. The van der Waals surface area contributed by atoms with E-state index in [1.165, 1.54) is 3.59 Å². The highest BCUT2D eigenvalue weighted by Crippen LogP contribution is 2.19. The molecule has 0 fully saturated rings. The van der Waals surface area contributed by atoms with E-state index in [1.807, 2.05) is 6.92 Å². The van der Waals surface area contributed by atoms with Crippen molar-refractivity contribution in [2.75, 3.05) is 0 Å². The van der Waals surface area contributed by atoms with Gasteiger partial charge in [0.1, 0.15) is 0 Å². The summed E-state index contributed by atoms with van der Waals surface area (Å²) < 4.78 is 2.22. The summed E-state index contributed by atoms with van der Waals surface area (Å²) in [6.45, 7) is 1.85. The van der Waals surface area contributed by atoms with Crippen LogP contribution in [0.25, 0.3) is 0 Å². The molecule has 0 atom stereocenters. The Labute approximate surface area is 80.1 Å². The van der Waals surface area contributed by atoms with Gasteiger partial charge in [-0.15, -0.1) is 0 Å². The molecule has 0 aliphatic carbocycles. The lowest BCUT2D eigenvalue weighted by molar-refractivity contribution is 0.445. The van der Waals surface area contributed by atoms with E-state index >= 15 is 0 Å². The zero-order valence-electron chi connectivity index (χ0n) is 5.71. The first-order valence-corrected chi connectivity index (χ1v) is 4.39. The summed E-state index contributed by atoms with van der Waals surface area (Å²) in [5, 5.41) is 9.26. The summed E-state index contributed by atoms with van der Waals surface area (Å²) in [7, 11) is 0. The van der Waals surface area contributed by atoms with Gasteiger partial charge in [-0.1, -0.05) is 6.92 Å². The molecule has 1 aromatic rings. The summed E-state index contributed by atoms with van der Waals surface area (Å²) in [6.07, 6.45) is 0.588. The number of nitrogens with zero attached hydrogens (tertiary/aromatic N) is 2. The molecule has 0 spiro atoms. The molecule has 0 amide bonds. The van der Waals surface area contributed by atoms with E-state index in [-0.39, 0.29) is 11.6 Å². The minimum atomic E-state index is -0.348. The zero-order chi connectivity index (χ0) is 8.59. The SMILES string of the molecule is CCc1c(O)n(Br)c(=O)n1Br. The number of imidazole rings is 1. The molecule has 62 valence electrons. The largest absolute Gasteiger partial charge is 0.493 e. The number of halogens is 2. The molecule has 0 aromatic carbocycles. The summed E-state index contributed by atoms with van der Waals surface area (Å²) in [6, 6.07) is 0. The predicted octanol–water partition coefficient (Wildman–Crippen LogP) is 1.23. The first-order valence-electron chi connectivity index (χ1n) is 2.97. The van der Waals surface area contributed by atoms with Gasteiger partial charge in [0.2, 0.25) is 5.88 Å². The third-order valence-electron chi connectivity index (χ3n) is 1.35. The lowest BCUT2D eigenvalue weighted by atomic mass is 10.4. The Balaban J connectivity index is 3.48. The minimum absolute atomic E-state index is 0.0608. The predicted molar refractivity (Wildman–Crippen MR) is 48.4 cm³/mol. The Morgan fingerprint density at radius 1 is 1.45 bits per heavy atom. The number of hydrogen-bond acceptors (Lipinski definition) is 2. The van der Waals surface area contributed by atoms with E-state index in [4.69, 9.17) is 0 Å². The maximum Gasteiger partial charge on any atom is 0.351 e. The molecule has 0 aliphatic rings. The number of aromatic nitrogens is 2. The van der Waals surface area contributed by atoms with Gasteiger partial charge < -0.3 is 5.11 Å². The van der Waals surface area contributed by atoms with Crippen molar-refractivity contribution < 1.29 is 5.11 Å². The van der Waals surface area contributed by atoms with Crippen molar-refractivity contribution in [3.63, 3.8) is 0 Å². The highest BCUT2D eigenvalue weighted by atomic mass is 79.9. The monoisotopic (exact) mass is 284 g/mol. The Bertz CT molecular complexity index is 328. The molecule has 0 unspecified atom stereocenters. The number of hydrogen-bond donors (Lipinski definition) is 1. The highest BCUT2D eigenvalue weighted by molar-refractivity contribution is 9.08. The van der Waals surface area contributed by atoms with Crippen LogP contribution in [-0.4, -0.2) is 12.3 Å². The van der Waals surface area contributed by atoms with Crippen LogP contribution in [-0.2, 0) is 6.42 Å². The maximum atomic E-state index is 11.0. The quantitative estimate of drug-likeness (QED) is 0.844. The van der Waals surface area contributed by atoms with Crippen LogP contribution in [0.2, 0.25) is 0 Å². The minimum Gasteiger partial charge on any atom is -0.493 e. The van der Waals surface area contributed by atoms with Gasteiger partial charge in [-0.3, -0.25) is 0 Å². The molecule has 1 heterocycles. The Morgan fingerprint density at radius 3 is 2.18 bits per heavy atom. The first kappa shape index (κ1) is 8.86. The standard InChI is InChI=1S/C5H6Br2N2O2/c1-2-3-4(10)9(7)5(11)8(3)6/h10H,2H2,1H3. The van der Waals surface area contributed by atoms with Gasteiger partial charge >= 0.3 is 5.69 Å². The summed E-state index contributed by atoms with van der Waals surface area (Å²) in [4.78, 5) is 11.0. The molecule has 0 bridgehead atoms. The molecule has 6 heteroatoms. The molecule has 1 rings (SSSR count). The molecule has 1 aromatic heterocycles. The third-order valence-corrected chi connectivity index (χ3v) is 2.72. The van der Waals surface area contributed by atoms with Crippen molar-refractivity contribution in [2.24, 2.45) is 0 Å². The molecule has 0 radical (unpaired) electrons. The van der Waals surface area contributed by atoms with Gasteiger partial charge in [-0.2, -0.15) is 3.59 Å². The van der Waals surface area contributed by atoms with Crippen molar-refractivity contribution in [2.45, 2.75) is 13.3 Å². The van der Waals surface area contributed by atoms with Crippen LogP contribution in [0.15, 0.2) is 4.79 Å². The van der Waals surface area contributed by atoms with Crippen molar-refractivity contribution in [1.82, 2.24) is 7.19 Å². The molecular formula is C5H6Br2N2O2. The molecule has 11 heavy (non-hydrogen) atoms. The smallest absolute Gasteiger partial charge is 0.351 e. The van der Waals surface area contributed by atoms with Gasteiger partial charge in [-0.05, 0) is 6.42 Å². The van der Waals surface area contributed by atoms with Gasteiger partial charge in [0.15, 0.2) is 0 Å². The third kappa shape index (κ3) is 1.24. The fourth-order valence-corrected chi connectivity index (χ4v) is 1.93.